The lowest BCUT2D eigenvalue weighted by molar-refractivity contribution is 0.533. The van der Waals surface area contributed by atoms with Gasteiger partial charge < -0.3 is 4.57 Å². The van der Waals surface area contributed by atoms with E-state index in [1.54, 1.807) is 12.1 Å². The number of hydrogen-bond donors (Lipinski definition) is 0. The van der Waals surface area contributed by atoms with Crippen LogP contribution in [0.2, 0.25) is 10.2 Å². The van der Waals surface area contributed by atoms with Crippen molar-refractivity contribution in [2.75, 3.05) is 0 Å². The average Bonchev–Trinajstić information content (AvgIpc) is 2.79. The molecule has 3 aromatic rings. The molecule has 2 nitrogen and oxygen atoms in total. The second-order valence-electron chi connectivity index (χ2n) is 5.72. The minimum absolute atomic E-state index is 0.121. The zero-order chi connectivity index (χ0) is 15.9. The van der Waals surface area contributed by atoms with Gasteiger partial charge in [0.2, 0.25) is 0 Å². The van der Waals surface area contributed by atoms with Crippen molar-refractivity contribution in [3.05, 3.63) is 52.5 Å². The summed E-state index contributed by atoms with van der Waals surface area (Å²) >= 11 is 11.8. The number of fused-ring (bicyclic) bond motifs is 1. The molecule has 0 saturated heterocycles. The average molecular weight is 337 g/mol. The first kappa shape index (κ1) is 15.3. The molecule has 0 bridgehead atoms. The van der Waals surface area contributed by atoms with Gasteiger partial charge in [-0.3, -0.25) is 0 Å². The van der Waals surface area contributed by atoms with Crippen molar-refractivity contribution >= 4 is 34.2 Å². The lowest BCUT2D eigenvalue weighted by Crippen LogP contribution is -2.03. The summed E-state index contributed by atoms with van der Waals surface area (Å²) in [4.78, 5) is 4.42. The first-order chi connectivity index (χ1) is 10.5. The third kappa shape index (κ3) is 2.83. The van der Waals surface area contributed by atoms with Crippen LogP contribution in [0.5, 0.6) is 0 Å². The fourth-order valence-electron chi connectivity index (χ4n) is 2.57. The van der Waals surface area contributed by atoms with E-state index in [4.69, 9.17) is 23.2 Å². The van der Waals surface area contributed by atoms with Gasteiger partial charge in [0, 0.05) is 23.7 Å². The van der Waals surface area contributed by atoms with E-state index in [1.165, 1.54) is 6.07 Å². The summed E-state index contributed by atoms with van der Waals surface area (Å²) in [6.07, 6.45) is 2.00. The van der Waals surface area contributed by atoms with E-state index >= 15 is 0 Å². The molecule has 0 unspecified atom stereocenters. The summed E-state index contributed by atoms with van der Waals surface area (Å²) in [6, 6.07) is 8.50. The summed E-state index contributed by atoms with van der Waals surface area (Å²) in [5.41, 5.74) is 2.51. The maximum Gasteiger partial charge on any atom is 0.142 e. The van der Waals surface area contributed by atoms with Crippen LogP contribution in [0.15, 0.2) is 36.5 Å². The Hall–Kier alpha value is -1.58. The van der Waals surface area contributed by atoms with Gasteiger partial charge in [-0.25, -0.2) is 9.37 Å². The molecule has 2 heterocycles. The van der Waals surface area contributed by atoms with Crippen LogP contribution in [0.3, 0.4) is 0 Å². The molecule has 2 aromatic heterocycles. The van der Waals surface area contributed by atoms with Crippen molar-refractivity contribution in [3.8, 4) is 11.1 Å². The Bertz CT molecular complexity index is 840. The number of hydrogen-bond acceptors (Lipinski definition) is 1. The van der Waals surface area contributed by atoms with Gasteiger partial charge in [-0.1, -0.05) is 43.1 Å². The normalized spacial score (nSPS) is 11.5. The maximum absolute atomic E-state index is 13.8. The third-order valence-corrected chi connectivity index (χ3v) is 4.00. The van der Waals surface area contributed by atoms with Gasteiger partial charge in [0.15, 0.2) is 0 Å². The van der Waals surface area contributed by atoms with Crippen molar-refractivity contribution < 1.29 is 4.39 Å². The summed E-state index contributed by atoms with van der Waals surface area (Å²) in [5.74, 6) is 0.0389. The topological polar surface area (TPSA) is 17.8 Å². The molecule has 0 spiro atoms. The van der Waals surface area contributed by atoms with Gasteiger partial charge in [0.05, 0.1) is 5.02 Å². The second kappa shape index (κ2) is 5.90. The molecule has 0 saturated carbocycles. The van der Waals surface area contributed by atoms with Gasteiger partial charge >= 0.3 is 0 Å². The smallest absolute Gasteiger partial charge is 0.142 e. The molecular formula is C17H15Cl2FN2. The van der Waals surface area contributed by atoms with Crippen molar-refractivity contribution in [2.45, 2.75) is 20.4 Å². The molecule has 1 aromatic carbocycles. The van der Waals surface area contributed by atoms with Gasteiger partial charge in [-0.05, 0) is 35.7 Å². The number of rotatable bonds is 3. The van der Waals surface area contributed by atoms with Crippen LogP contribution in [0.1, 0.15) is 13.8 Å². The standard InChI is InChI=1S/C17H15Cl2FN2/c1-10(2)8-22-9-13(11-3-5-14(18)15(20)7-11)12-4-6-16(19)21-17(12)22/h3-7,9-10H,8H2,1-2H3. The predicted octanol–water partition coefficient (Wildman–Crippen LogP) is 5.81. The van der Waals surface area contributed by atoms with E-state index in [1.807, 2.05) is 18.3 Å². The predicted molar refractivity (Wildman–Crippen MR) is 90.0 cm³/mol. The van der Waals surface area contributed by atoms with E-state index < -0.39 is 5.82 Å². The van der Waals surface area contributed by atoms with Gasteiger partial charge in [-0.2, -0.15) is 0 Å². The van der Waals surface area contributed by atoms with Crippen LogP contribution < -0.4 is 0 Å². The molecule has 0 N–H and O–H groups in total. The maximum atomic E-state index is 13.8. The Morgan fingerprint density at radius 2 is 1.95 bits per heavy atom. The molecule has 3 rings (SSSR count). The summed E-state index contributed by atoms with van der Waals surface area (Å²) in [7, 11) is 0. The SMILES string of the molecule is CC(C)Cn1cc(-c2ccc(Cl)c(F)c2)c2ccc(Cl)nc21. The minimum Gasteiger partial charge on any atom is -0.332 e. The van der Waals surface area contributed by atoms with Crippen molar-refractivity contribution in [3.63, 3.8) is 0 Å². The van der Waals surface area contributed by atoms with Gasteiger partial charge in [-0.15, -0.1) is 0 Å². The minimum atomic E-state index is -0.425. The first-order valence-corrected chi connectivity index (χ1v) is 7.82. The number of nitrogens with zero attached hydrogens (tertiary/aromatic N) is 2. The summed E-state index contributed by atoms with van der Waals surface area (Å²) < 4.78 is 15.8. The van der Waals surface area contributed by atoms with E-state index in [9.17, 15) is 4.39 Å². The lowest BCUT2D eigenvalue weighted by Gasteiger charge is -2.07. The van der Waals surface area contributed by atoms with E-state index in [-0.39, 0.29) is 5.02 Å². The molecule has 0 aliphatic carbocycles. The highest BCUT2D eigenvalue weighted by molar-refractivity contribution is 6.31. The quantitative estimate of drug-likeness (QED) is 0.552. The van der Waals surface area contributed by atoms with Crippen LogP contribution >= 0.6 is 23.2 Å². The van der Waals surface area contributed by atoms with E-state index in [2.05, 4.69) is 23.4 Å². The molecule has 0 aliphatic rings. The molecule has 114 valence electrons. The molecule has 0 radical (unpaired) electrons. The monoisotopic (exact) mass is 336 g/mol. The van der Waals surface area contributed by atoms with E-state index in [0.717, 1.165) is 28.7 Å². The highest BCUT2D eigenvalue weighted by Gasteiger charge is 2.14. The van der Waals surface area contributed by atoms with Gasteiger partial charge in [0.25, 0.3) is 0 Å². The van der Waals surface area contributed by atoms with Crippen molar-refractivity contribution in [2.24, 2.45) is 5.92 Å². The number of aromatic nitrogens is 2. The van der Waals surface area contributed by atoms with Crippen LogP contribution in [0.4, 0.5) is 4.39 Å². The molecule has 0 amide bonds. The highest BCUT2D eigenvalue weighted by atomic mass is 35.5. The molecule has 0 atom stereocenters. The number of halogens is 3. The number of benzene rings is 1. The molecule has 5 heteroatoms. The van der Waals surface area contributed by atoms with Crippen LogP contribution in [0, 0.1) is 11.7 Å². The highest BCUT2D eigenvalue weighted by Crippen LogP contribution is 2.32. The zero-order valence-electron chi connectivity index (χ0n) is 12.3. The Kier molecular flexibility index (Phi) is 4.11. The lowest BCUT2D eigenvalue weighted by atomic mass is 10.1. The Morgan fingerprint density at radius 1 is 1.18 bits per heavy atom. The Morgan fingerprint density at radius 3 is 2.64 bits per heavy atom. The third-order valence-electron chi connectivity index (χ3n) is 3.48. The zero-order valence-corrected chi connectivity index (χ0v) is 13.8. The largest absolute Gasteiger partial charge is 0.332 e. The van der Waals surface area contributed by atoms with E-state index in [0.29, 0.717) is 11.1 Å². The second-order valence-corrected chi connectivity index (χ2v) is 6.52. The van der Waals surface area contributed by atoms with Crippen LogP contribution in [-0.2, 0) is 6.54 Å². The molecule has 0 fully saturated rings. The summed E-state index contributed by atoms with van der Waals surface area (Å²) in [6.45, 7) is 5.09. The Labute approximate surface area is 138 Å². The van der Waals surface area contributed by atoms with Crippen molar-refractivity contribution in [1.29, 1.82) is 0 Å². The van der Waals surface area contributed by atoms with Crippen LogP contribution in [-0.4, -0.2) is 9.55 Å². The first-order valence-electron chi connectivity index (χ1n) is 7.06. The van der Waals surface area contributed by atoms with Gasteiger partial charge in [0.1, 0.15) is 16.6 Å². The molecule has 22 heavy (non-hydrogen) atoms. The van der Waals surface area contributed by atoms with Crippen molar-refractivity contribution in [1.82, 2.24) is 9.55 Å². The fourth-order valence-corrected chi connectivity index (χ4v) is 2.83. The molecule has 0 aliphatic heterocycles. The summed E-state index contributed by atoms with van der Waals surface area (Å²) in [5, 5.41) is 1.52. The Balaban J connectivity index is 2.22. The number of pyridine rings is 1. The fraction of sp³-hybridized carbons (Fsp3) is 0.235. The van der Waals surface area contributed by atoms with Crippen LogP contribution in [0.25, 0.3) is 22.2 Å². The molecular weight excluding hydrogens is 322 g/mol.